The van der Waals surface area contributed by atoms with Crippen LogP contribution < -0.4 is 5.32 Å². The summed E-state index contributed by atoms with van der Waals surface area (Å²) in [5.74, 6) is -1.74. The second kappa shape index (κ2) is 6.94. The van der Waals surface area contributed by atoms with Crippen LogP contribution in [0.4, 0.5) is 19.4 Å². The van der Waals surface area contributed by atoms with E-state index in [-0.39, 0.29) is 0 Å². The van der Waals surface area contributed by atoms with E-state index >= 15 is 0 Å². The van der Waals surface area contributed by atoms with Crippen LogP contribution in [0.5, 0.6) is 0 Å². The first kappa shape index (κ1) is 17.9. The minimum atomic E-state index is -2.71. The Bertz CT molecular complexity index is 823. The predicted molar refractivity (Wildman–Crippen MR) is 97.1 cm³/mol. The Labute approximate surface area is 156 Å². The van der Waals surface area contributed by atoms with Crippen molar-refractivity contribution in [2.75, 3.05) is 5.32 Å². The number of carbonyl (C=O) groups excluding carboxylic acids is 1. The molecule has 0 bridgehead atoms. The number of rotatable bonds is 5. The highest BCUT2D eigenvalue weighted by molar-refractivity contribution is 5.85. The maximum absolute atomic E-state index is 12.9. The molecule has 7 heteroatoms. The molecule has 2 aliphatic rings. The summed E-state index contributed by atoms with van der Waals surface area (Å²) < 4.78 is 32.7. The van der Waals surface area contributed by atoms with E-state index in [2.05, 4.69) is 22.5 Å². The minimum Gasteiger partial charge on any atom is -0.445 e. The predicted octanol–water partition coefficient (Wildman–Crippen LogP) is 4.62. The lowest BCUT2D eigenvalue weighted by atomic mass is 9.79. The molecule has 2 fully saturated rings. The van der Waals surface area contributed by atoms with Gasteiger partial charge in [0.1, 0.15) is 11.9 Å². The highest BCUT2D eigenvalue weighted by Gasteiger charge is 2.47. The Morgan fingerprint density at radius 3 is 2.59 bits per heavy atom. The van der Waals surface area contributed by atoms with Gasteiger partial charge >= 0.3 is 6.09 Å². The molecule has 1 aromatic heterocycles. The zero-order valence-electron chi connectivity index (χ0n) is 15.3. The van der Waals surface area contributed by atoms with Gasteiger partial charge in [-0.1, -0.05) is 36.8 Å². The number of halogens is 2. The summed E-state index contributed by atoms with van der Waals surface area (Å²) >= 11 is 0. The van der Waals surface area contributed by atoms with Crippen LogP contribution in [0.3, 0.4) is 0 Å². The van der Waals surface area contributed by atoms with Crippen LogP contribution in [-0.4, -0.2) is 27.9 Å². The topological polar surface area (TPSA) is 56.2 Å². The first-order valence-corrected chi connectivity index (χ1v) is 9.36. The molecule has 0 unspecified atom stereocenters. The smallest absolute Gasteiger partial charge is 0.413 e. The van der Waals surface area contributed by atoms with Crippen molar-refractivity contribution in [1.82, 2.24) is 9.78 Å². The molecule has 0 aliphatic heterocycles. The molecule has 2 aliphatic carbocycles. The Morgan fingerprint density at radius 1 is 1.30 bits per heavy atom. The third-order valence-electron chi connectivity index (χ3n) is 5.43. The number of nitrogens with one attached hydrogen (secondary N) is 1. The molecular formula is C20H23F2N3O2. The fourth-order valence-electron chi connectivity index (χ4n) is 3.76. The Balaban J connectivity index is 1.52. The fraction of sp³-hybridized carbons (Fsp3) is 0.500. The molecule has 144 valence electrons. The van der Waals surface area contributed by atoms with Gasteiger partial charge in [-0.2, -0.15) is 5.10 Å². The average Bonchev–Trinajstić information content (AvgIpc) is 2.81. The van der Waals surface area contributed by atoms with Gasteiger partial charge in [-0.25, -0.2) is 13.6 Å². The van der Waals surface area contributed by atoms with Crippen molar-refractivity contribution < 1.29 is 18.3 Å². The lowest BCUT2D eigenvalue weighted by Gasteiger charge is -2.34. The van der Waals surface area contributed by atoms with Gasteiger partial charge in [0.05, 0.1) is 5.69 Å². The average molecular weight is 375 g/mol. The number of nitrogens with zero attached hydrogens (tertiary/aromatic N) is 2. The highest BCUT2D eigenvalue weighted by Crippen LogP contribution is 2.43. The zero-order chi connectivity index (χ0) is 19.0. The van der Waals surface area contributed by atoms with Crippen LogP contribution in [0.25, 0.3) is 0 Å². The van der Waals surface area contributed by atoms with Crippen molar-refractivity contribution in [3.8, 4) is 0 Å². The second-order valence-electron chi connectivity index (χ2n) is 7.54. The number of amides is 1. The number of hydrogen-bond acceptors (Lipinski definition) is 3. The summed E-state index contributed by atoms with van der Waals surface area (Å²) in [5.41, 5.74) is 3.14. The van der Waals surface area contributed by atoms with Gasteiger partial charge < -0.3 is 4.74 Å². The molecule has 2 saturated carbocycles. The van der Waals surface area contributed by atoms with Crippen molar-refractivity contribution in [3.63, 3.8) is 0 Å². The molecule has 1 heterocycles. The summed E-state index contributed by atoms with van der Waals surface area (Å²) in [6.45, 7) is 0. The largest absolute Gasteiger partial charge is 0.445 e. The first-order valence-electron chi connectivity index (χ1n) is 9.36. The van der Waals surface area contributed by atoms with E-state index < -0.39 is 31.0 Å². The molecule has 0 saturated heterocycles. The van der Waals surface area contributed by atoms with E-state index in [9.17, 15) is 13.6 Å². The summed E-state index contributed by atoms with van der Waals surface area (Å²) in [4.78, 5) is 12.2. The summed E-state index contributed by atoms with van der Waals surface area (Å²) in [6.07, 6.45) is 1.76. The Hall–Kier alpha value is -2.44. The number of alkyl halides is 2. The van der Waals surface area contributed by atoms with Gasteiger partial charge in [0.25, 0.3) is 5.92 Å². The summed E-state index contributed by atoms with van der Waals surface area (Å²) in [5, 5.41) is 7.38. The molecule has 1 amide bonds. The van der Waals surface area contributed by atoms with E-state index in [0.29, 0.717) is 18.2 Å². The molecule has 0 radical (unpaired) electrons. The molecular weight excluding hydrogens is 352 g/mol. The van der Waals surface area contributed by atoms with Gasteiger partial charge in [0.2, 0.25) is 0 Å². The van der Waals surface area contributed by atoms with Crippen molar-refractivity contribution in [3.05, 3.63) is 47.2 Å². The summed E-state index contributed by atoms with van der Waals surface area (Å²) in [7, 11) is 1.78. The maximum Gasteiger partial charge on any atom is 0.413 e. The van der Waals surface area contributed by atoms with Crippen molar-refractivity contribution in [1.29, 1.82) is 0 Å². The number of hydrogen-bond donors (Lipinski definition) is 1. The van der Waals surface area contributed by atoms with E-state index in [1.54, 1.807) is 11.7 Å². The van der Waals surface area contributed by atoms with Gasteiger partial charge in [0, 0.05) is 31.9 Å². The molecule has 1 N–H and O–H groups in total. The van der Waals surface area contributed by atoms with Crippen molar-refractivity contribution >= 4 is 11.9 Å². The maximum atomic E-state index is 12.9. The van der Waals surface area contributed by atoms with E-state index in [4.69, 9.17) is 4.74 Å². The van der Waals surface area contributed by atoms with Crippen LogP contribution in [0.15, 0.2) is 30.3 Å². The molecule has 5 nitrogen and oxygen atoms in total. The first-order chi connectivity index (χ1) is 12.9. The van der Waals surface area contributed by atoms with Crippen LogP contribution in [-0.2, 0) is 18.2 Å². The lowest BCUT2D eigenvalue weighted by molar-refractivity contribution is -0.142. The number of aryl methyl sites for hydroxylation is 1. The SMILES string of the molecule is Cn1nc(Cc2ccccc2)c(C2CCC2)c1NC(=O)OC1CC(F)(F)C1. The van der Waals surface area contributed by atoms with Gasteiger partial charge in [-0.15, -0.1) is 0 Å². The third-order valence-corrected chi connectivity index (χ3v) is 5.43. The Kier molecular flexibility index (Phi) is 4.61. The molecule has 0 atom stereocenters. The van der Waals surface area contributed by atoms with Crippen molar-refractivity contribution in [2.45, 2.75) is 56.5 Å². The number of ether oxygens (including phenoxy) is 1. The zero-order valence-corrected chi connectivity index (χ0v) is 15.3. The van der Waals surface area contributed by atoms with Gasteiger partial charge in [0.15, 0.2) is 0 Å². The van der Waals surface area contributed by atoms with Crippen molar-refractivity contribution in [2.24, 2.45) is 7.05 Å². The minimum absolute atomic E-state index is 0.362. The lowest BCUT2D eigenvalue weighted by Crippen LogP contribution is -2.43. The van der Waals surface area contributed by atoms with E-state index in [0.717, 1.165) is 36.1 Å². The molecule has 0 spiro atoms. The van der Waals surface area contributed by atoms with Crippen LogP contribution >= 0.6 is 0 Å². The van der Waals surface area contributed by atoms with Crippen LogP contribution in [0, 0.1) is 0 Å². The molecule has 27 heavy (non-hydrogen) atoms. The number of aromatic nitrogens is 2. The van der Waals surface area contributed by atoms with Crippen LogP contribution in [0.1, 0.15) is 54.8 Å². The monoisotopic (exact) mass is 375 g/mol. The highest BCUT2D eigenvalue weighted by atomic mass is 19.3. The van der Waals surface area contributed by atoms with E-state index in [1.807, 2.05) is 18.2 Å². The fourth-order valence-corrected chi connectivity index (χ4v) is 3.76. The normalized spacial score (nSPS) is 19.2. The van der Waals surface area contributed by atoms with E-state index in [1.165, 1.54) is 0 Å². The second-order valence-corrected chi connectivity index (χ2v) is 7.54. The van der Waals surface area contributed by atoms with Gasteiger partial charge in [-0.3, -0.25) is 10.00 Å². The van der Waals surface area contributed by atoms with Crippen LogP contribution in [0.2, 0.25) is 0 Å². The molecule has 4 rings (SSSR count). The molecule has 2 aromatic rings. The number of anilines is 1. The van der Waals surface area contributed by atoms with Gasteiger partial charge in [-0.05, 0) is 24.3 Å². The standard InChI is InChI=1S/C20H23F2N3O2/c1-25-18(23-19(26)27-15-11-20(21,22)12-15)17(14-8-5-9-14)16(24-25)10-13-6-3-2-4-7-13/h2-4,6-7,14-15H,5,8-12H2,1H3,(H,23,26). The third kappa shape index (κ3) is 3.82. The number of carbonyl (C=O) groups is 1. The number of benzene rings is 1. The quantitative estimate of drug-likeness (QED) is 0.829. The Morgan fingerprint density at radius 2 is 2.00 bits per heavy atom. The summed E-state index contributed by atoms with van der Waals surface area (Å²) in [6, 6.07) is 10.1. The molecule has 1 aromatic carbocycles.